The topological polar surface area (TPSA) is 128 Å². The van der Waals surface area contributed by atoms with Gasteiger partial charge < -0.3 is 19.5 Å². The molecule has 1 aliphatic heterocycles. The first-order valence-electron chi connectivity index (χ1n) is 10.9. The van der Waals surface area contributed by atoms with E-state index in [-0.39, 0.29) is 22.1 Å². The Morgan fingerprint density at radius 3 is 2.69 bits per heavy atom. The van der Waals surface area contributed by atoms with Gasteiger partial charge >= 0.3 is 0 Å². The van der Waals surface area contributed by atoms with E-state index < -0.39 is 23.1 Å². The molecule has 10 nitrogen and oxygen atoms in total. The molecule has 0 radical (unpaired) electrons. The third kappa shape index (κ3) is 3.61. The Bertz CT molecular complexity index is 1360. The summed E-state index contributed by atoms with van der Waals surface area (Å²) in [5, 5.41) is 17.5. The molecule has 0 saturated carbocycles. The zero-order valence-electron chi connectivity index (χ0n) is 19.2. The van der Waals surface area contributed by atoms with Gasteiger partial charge in [0.2, 0.25) is 17.2 Å². The minimum atomic E-state index is -1.72. The molecule has 5 rings (SSSR count). The standard InChI is InChI=1S/C24H22ClN5O5/c1-12-8-14(26-15-7-5-4-6-13(15)9-19-27-29-30-28-19)10-18(31)24(12)23(32)20-16(33-2)11-17(34-3)21(25)22(20)35-24/h4-7,10-12,26H,8-9H2,1-3H3,(H,27,28,29,30)/t12-,24+/m1/s1. The first-order valence-corrected chi connectivity index (χ1v) is 11.3. The summed E-state index contributed by atoms with van der Waals surface area (Å²) in [6, 6.07) is 9.16. The average Bonchev–Trinajstić information content (AvgIpc) is 3.47. The van der Waals surface area contributed by atoms with Crippen LogP contribution in [0.1, 0.15) is 35.1 Å². The molecule has 1 aromatic heterocycles. The Morgan fingerprint density at radius 2 is 2.00 bits per heavy atom. The third-order valence-corrected chi connectivity index (χ3v) is 6.72. The van der Waals surface area contributed by atoms with E-state index in [9.17, 15) is 9.59 Å². The molecule has 0 unspecified atom stereocenters. The van der Waals surface area contributed by atoms with Gasteiger partial charge in [0.15, 0.2) is 11.6 Å². The molecule has 0 amide bonds. The Morgan fingerprint density at radius 1 is 1.23 bits per heavy atom. The lowest BCUT2D eigenvalue weighted by molar-refractivity contribution is -0.129. The molecule has 3 aromatic rings. The summed E-state index contributed by atoms with van der Waals surface area (Å²) in [4.78, 5) is 27.1. The zero-order chi connectivity index (χ0) is 24.7. The summed E-state index contributed by atoms with van der Waals surface area (Å²) >= 11 is 6.44. The third-order valence-electron chi connectivity index (χ3n) is 6.36. The number of hydrogen-bond donors (Lipinski definition) is 2. The van der Waals surface area contributed by atoms with Crippen LogP contribution in [0.5, 0.6) is 17.2 Å². The molecule has 2 aliphatic rings. The Balaban J connectivity index is 1.47. The van der Waals surface area contributed by atoms with E-state index in [1.54, 1.807) is 6.92 Å². The van der Waals surface area contributed by atoms with Gasteiger partial charge in [0.05, 0.1) is 14.2 Å². The number of carbonyl (C=O) groups excluding carboxylic acids is 2. The van der Waals surface area contributed by atoms with Crippen molar-refractivity contribution < 1.29 is 23.8 Å². The number of aromatic amines is 1. The minimum absolute atomic E-state index is 0.100. The van der Waals surface area contributed by atoms with E-state index in [0.29, 0.717) is 30.1 Å². The fraction of sp³-hybridized carbons (Fsp3) is 0.292. The highest BCUT2D eigenvalue weighted by Crippen LogP contribution is 2.53. The van der Waals surface area contributed by atoms with E-state index >= 15 is 0 Å². The number of Topliss-reactive ketones (excluding diaryl/α,β-unsaturated/α-hetero) is 1. The van der Waals surface area contributed by atoms with Crippen LogP contribution in [-0.2, 0) is 11.2 Å². The monoisotopic (exact) mass is 495 g/mol. The van der Waals surface area contributed by atoms with Crippen LogP contribution in [0.2, 0.25) is 5.02 Å². The maximum Gasteiger partial charge on any atom is 0.236 e. The van der Waals surface area contributed by atoms with Crippen molar-refractivity contribution in [2.75, 3.05) is 19.5 Å². The van der Waals surface area contributed by atoms with Gasteiger partial charge in [-0.3, -0.25) is 9.59 Å². The number of tetrazole rings is 1. The van der Waals surface area contributed by atoms with Crippen LogP contribution < -0.4 is 19.5 Å². The van der Waals surface area contributed by atoms with Crippen LogP contribution in [0.3, 0.4) is 0 Å². The summed E-state index contributed by atoms with van der Waals surface area (Å²) in [7, 11) is 2.88. The molecule has 0 fully saturated rings. The van der Waals surface area contributed by atoms with Crippen LogP contribution >= 0.6 is 11.6 Å². The van der Waals surface area contributed by atoms with Crippen molar-refractivity contribution in [2.24, 2.45) is 5.92 Å². The summed E-state index contributed by atoms with van der Waals surface area (Å²) < 4.78 is 16.8. The summed E-state index contributed by atoms with van der Waals surface area (Å²) in [5.74, 6) is -0.247. The van der Waals surface area contributed by atoms with Crippen molar-refractivity contribution >= 4 is 28.9 Å². The lowest BCUT2D eigenvalue weighted by Gasteiger charge is -2.35. The highest BCUT2D eigenvalue weighted by molar-refractivity contribution is 6.36. The number of benzene rings is 2. The molecule has 0 bridgehead atoms. The van der Waals surface area contributed by atoms with Crippen LogP contribution in [-0.4, -0.2) is 52.0 Å². The summed E-state index contributed by atoms with van der Waals surface area (Å²) in [5.41, 5.74) is 0.821. The van der Waals surface area contributed by atoms with Crippen LogP contribution in [0.15, 0.2) is 42.1 Å². The molecule has 11 heteroatoms. The average molecular weight is 496 g/mol. The van der Waals surface area contributed by atoms with Gasteiger partial charge in [0, 0.05) is 35.9 Å². The molecule has 35 heavy (non-hydrogen) atoms. The number of H-pyrrole nitrogens is 1. The number of ketones is 2. The number of nitrogens with zero attached hydrogens (tertiary/aromatic N) is 3. The molecule has 0 saturated heterocycles. The van der Waals surface area contributed by atoms with E-state index in [0.717, 1.165) is 11.3 Å². The summed E-state index contributed by atoms with van der Waals surface area (Å²) in [6.07, 6.45) is 2.27. The van der Waals surface area contributed by atoms with Crippen LogP contribution in [0.25, 0.3) is 0 Å². The van der Waals surface area contributed by atoms with Crippen LogP contribution in [0, 0.1) is 5.92 Å². The van der Waals surface area contributed by atoms with Crippen molar-refractivity contribution in [3.8, 4) is 17.2 Å². The number of hydrogen-bond acceptors (Lipinski definition) is 9. The smallest absolute Gasteiger partial charge is 0.236 e. The number of carbonyl (C=O) groups is 2. The van der Waals surface area contributed by atoms with E-state index in [1.807, 2.05) is 24.3 Å². The normalized spacial score (nSPS) is 20.9. The largest absolute Gasteiger partial charge is 0.496 e. The molecule has 2 N–H and O–H groups in total. The van der Waals surface area contributed by atoms with Crippen LogP contribution in [0.4, 0.5) is 5.69 Å². The Hall–Kier alpha value is -3.92. The second-order valence-electron chi connectivity index (χ2n) is 8.39. The predicted octanol–water partition coefficient (Wildman–Crippen LogP) is 3.38. The number of allylic oxidation sites excluding steroid dienone is 1. The molecule has 1 spiro atoms. The first kappa shape index (κ1) is 22.9. The number of anilines is 1. The van der Waals surface area contributed by atoms with Gasteiger partial charge in [-0.15, -0.1) is 10.2 Å². The number of ether oxygens (including phenoxy) is 3. The quantitative estimate of drug-likeness (QED) is 0.494. The fourth-order valence-electron chi connectivity index (χ4n) is 4.61. The van der Waals surface area contributed by atoms with Gasteiger partial charge in [-0.25, -0.2) is 0 Å². The molecular formula is C24H22ClN5O5. The van der Waals surface area contributed by atoms with Crippen molar-refractivity contribution in [1.82, 2.24) is 20.6 Å². The number of fused-ring (bicyclic) bond motifs is 1. The van der Waals surface area contributed by atoms with Gasteiger partial charge in [0.25, 0.3) is 0 Å². The lowest BCUT2D eigenvalue weighted by atomic mass is 9.74. The number of rotatable bonds is 6. The van der Waals surface area contributed by atoms with Gasteiger partial charge in [-0.1, -0.05) is 41.9 Å². The molecule has 180 valence electrons. The zero-order valence-corrected chi connectivity index (χ0v) is 20.0. The second-order valence-corrected chi connectivity index (χ2v) is 8.77. The first-order chi connectivity index (χ1) is 16.9. The summed E-state index contributed by atoms with van der Waals surface area (Å²) in [6.45, 7) is 1.80. The van der Waals surface area contributed by atoms with Crippen molar-refractivity contribution in [1.29, 1.82) is 0 Å². The number of nitrogens with one attached hydrogen (secondary N) is 2. The molecule has 2 atom stereocenters. The van der Waals surface area contributed by atoms with Crippen molar-refractivity contribution in [3.05, 3.63) is 64.1 Å². The van der Waals surface area contributed by atoms with E-state index in [1.165, 1.54) is 26.4 Å². The molecule has 2 aromatic carbocycles. The number of methoxy groups -OCH3 is 2. The molecular weight excluding hydrogens is 474 g/mol. The van der Waals surface area contributed by atoms with E-state index in [4.69, 9.17) is 25.8 Å². The predicted molar refractivity (Wildman–Crippen MR) is 126 cm³/mol. The number of aromatic nitrogens is 4. The molecule has 2 heterocycles. The highest BCUT2D eigenvalue weighted by Gasteiger charge is 2.60. The van der Waals surface area contributed by atoms with Gasteiger partial charge in [-0.05, 0) is 18.1 Å². The maximum absolute atomic E-state index is 13.6. The van der Waals surface area contributed by atoms with Gasteiger partial charge in [0.1, 0.15) is 22.1 Å². The van der Waals surface area contributed by atoms with Crippen molar-refractivity contribution in [2.45, 2.75) is 25.4 Å². The van der Waals surface area contributed by atoms with Gasteiger partial charge in [-0.2, -0.15) is 5.21 Å². The van der Waals surface area contributed by atoms with Crippen molar-refractivity contribution in [3.63, 3.8) is 0 Å². The highest BCUT2D eigenvalue weighted by atomic mass is 35.5. The lowest BCUT2D eigenvalue weighted by Crippen LogP contribution is -2.55. The maximum atomic E-state index is 13.6. The Kier molecular flexibility index (Phi) is 5.68. The van der Waals surface area contributed by atoms with E-state index in [2.05, 4.69) is 25.9 Å². The SMILES string of the molecule is COc1cc(OC)c2c(c1Cl)O[C@@]1(C(=O)C=C(Nc3ccccc3Cc3nn[nH]n3)C[C@H]1C)C2=O. The Labute approximate surface area is 205 Å². The second kappa shape index (κ2) is 8.70. The molecule has 1 aliphatic carbocycles. The number of para-hydroxylation sites is 1. The minimum Gasteiger partial charge on any atom is -0.496 e. The fourth-order valence-corrected chi connectivity index (χ4v) is 4.88. The number of halogens is 1.